The van der Waals surface area contributed by atoms with E-state index in [1.807, 2.05) is 0 Å². The SMILES string of the molecule is OC(CN1c2cccc(Br)c2CCC1c1cccc(OC(F)F)c1)C(F)(F)F. The van der Waals surface area contributed by atoms with Crippen LogP contribution in [0.2, 0.25) is 0 Å². The lowest BCUT2D eigenvalue weighted by Gasteiger charge is -2.41. The Morgan fingerprint density at radius 2 is 1.89 bits per heavy atom. The zero-order valence-corrected chi connectivity index (χ0v) is 16.1. The van der Waals surface area contributed by atoms with E-state index in [4.69, 9.17) is 0 Å². The fraction of sp³-hybridized carbons (Fsp3) is 0.368. The Hall–Kier alpha value is -1.87. The second-order valence-corrected chi connectivity index (χ2v) is 7.31. The third-order valence-corrected chi connectivity index (χ3v) is 5.41. The molecule has 28 heavy (non-hydrogen) atoms. The molecule has 2 aromatic carbocycles. The van der Waals surface area contributed by atoms with Gasteiger partial charge in [-0.1, -0.05) is 34.1 Å². The van der Waals surface area contributed by atoms with Gasteiger partial charge >= 0.3 is 12.8 Å². The highest BCUT2D eigenvalue weighted by molar-refractivity contribution is 9.10. The number of hydrogen-bond acceptors (Lipinski definition) is 3. The van der Waals surface area contributed by atoms with Crippen LogP contribution >= 0.6 is 15.9 Å². The first-order valence-corrected chi connectivity index (χ1v) is 9.29. The normalized spacial score (nSPS) is 18.1. The molecule has 3 nitrogen and oxygen atoms in total. The van der Waals surface area contributed by atoms with Crippen molar-refractivity contribution in [1.82, 2.24) is 0 Å². The summed E-state index contributed by atoms with van der Waals surface area (Å²) in [7, 11) is 0. The van der Waals surface area contributed by atoms with Crippen molar-refractivity contribution in [3.05, 3.63) is 58.1 Å². The lowest BCUT2D eigenvalue weighted by Crippen LogP contribution is -2.44. The van der Waals surface area contributed by atoms with Gasteiger partial charge in [-0.15, -0.1) is 0 Å². The van der Waals surface area contributed by atoms with Gasteiger partial charge in [0.2, 0.25) is 0 Å². The van der Waals surface area contributed by atoms with Gasteiger partial charge in [-0.25, -0.2) is 0 Å². The van der Waals surface area contributed by atoms with Crippen molar-refractivity contribution in [2.45, 2.75) is 37.8 Å². The minimum atomic E-state index is -4.77. The van der Waals surface area contributed by atoms with Crippen molar-refractivity contribution in [1.29, 1.82) is 0 Å². The molecule has 0 bridgehead atoms. The van der Waals surface area contributed by atoms with Crippen LogP contribution in [0.1, 0.15) is 23.6 Å². The number of benzene rings is 2. The average molecular weight is 466 g/mol. The number of aliphatic hydroxyl groups is 1. The number of nitrogens with zero attached hydrogens (tertiary/aromatic N) is 1. The van der Waals surface area contributed by atoms with Gasteiger partial charge in [-0.3, -0.25) is 0 Å². The Morgan fingerprint density at radius 3 is 2.57 bits per heavy atom. The summed E-state index contributed by atoms with van der Waals surface area (Å²) in [5.74, 6) is -0.0659. The molecule has 3 rings (SSSR count). The second-order valence-electron chi connectivity index (χ2n) is 6.45. The molecule has 0 radical (unpaired) electrons. The predicted octanol–water partition coefficient (Wildman–Crippen LogP) is 5.47. The van der Waals surface area contributed by atoms with Crippen LogP contribution in [-0.2, 0) is 6.42 Å². The maximum Gasteiger partial charge on any atom is 0.416 e. The fourth-order valence-electron chi connectivity index (χ4n) is 3.43. The molecular formula is C19H17BrF5NO2. The summed E-state index contributed by atoms with van der Waals surface area (Å²) in [5.41, 5.74) is 1.94. The number of alkyl halides is 5. The zero-order valence-electron chi connectivity index (χ0n) is 14.5. The summed E-state index contributed by atoms with van der Waals surface area (Å²) in [6.07, 6.45) is -6.27. The number of β-amino-alcohol motifs (C(OH)–C–C–N with tert-alkyl or cyclic N) is 1. The molecule has 152 valence electrons. The van der Waals surface area contributed by atoms with Gasteiger partial charge in [-0.2, -0.15) is 22.0 Å². The first kappa shape index (κ1) is 20.9. The smallest absolute Gasteiger partial charge is 0.416 e. The summed E-state index contributed by atoms with van der Waals surface area (Å²) >= 11 is 3.42. The second kappa shape index (κ2) is 8.24. The molecule has 1 aliphatic rings. The Bertz CT molecular complexity index is 830. The highest BCUT2D eigenvalue weighted by atomic mass is 79.9. The quantitative estimate of drug-likeness (QED) is 0.594. The zero-order chi connectivity index (χ0) is 20.5. The van der Waals surface area contributed by atoms with Gasteiger partial charge < -0.3 is 14.7 Å². The van der Waals surface area contributed by atoms with E-state index in [1.165, 1.54) is 23.1 Å². The lowest BCUT2D eigenvalue weighted by molar-refractivity contribution is -0.200. The van der Waals surface area contributed by atoms with E-state index in [0.29, 0.717) is 24.1 Å². The topological polar surface area (TPSA) is 32.7 Å². The monoisotopic (exact) mass is 465 g/mol. The molecule has 0 spiro atoms. The van der Waals surface area contributed by atoms with Gasteiger partial charge in [0.15, 0.2) is 6.10 Å². The summed E-state index contributed by atoms with van der Waals surface area (Å²) < 4.78 is 69.2. The third kappa shape index (κ3) is 4.57. The van der Waals surface area contributed by atoms with E-state index in [1.54, 1.807) is 24.3 Å². The van der Waals surface area contributed by atoms with Crippen LogP contribution in [0.25, 0.3) is 0 Å². The minimum Gasteiger partial charge on any atom is -0.435 e. The molecule has 9 heteroatoms. The number of rotatable bonds is 5. The van der Waals surface area contributed by atoms with Crippen LogP contribution in [0.4, 0.5) is 27.6 Å². The third-order valence-electron chi connectivity index (χ3n) is 4.66. The van der Waals surface area contributed by atoms with E-state index in [9.17, 15) is 27.1 Å². The van der Waals surface area contributed by atoms with E-state index in [-0.39, 0.29) is 5.75 Å². The minimum absolute atomic E-state index is 0.0659. The molecule has 2 unspecified atom stereocenters. The summed E-state index contributed by atoms with van der Waals surface area (Å²) in [6.45, 7) is -3.67. The number of anilines is 1. The largest absolute Gasteiger partial charge is 0.435 e. The van der Waals surface area contributed by atoms with E-state index < -0.39 is 31.5 Å². The molecule has 0 amide bonds. The van der Waals surface area contributed by atoms with Crippen molar-refractivity contribution in [3.63, 3.8) is 0 Å². The van der Waals surface area contributed by atoms with Gasteiger partial charge in [0, 0.05) is 10.2 Å². The summed E-state index contributed by atoms with van der Waals surface area (Å²) in [6, 6.07) is 10.6. The van der Waals surface area contributed by atoms with Crippen LogP contribution in [0.5, 0.6) is 5.75 Å². The Balaban J connectivity index is 1.99. The van der Waals surface area contributed by atoms with E-state index in [0.717, 1.165) is 10.0 Å². The molecule has 2 atom stereocenters. The van der Waals surface area contributed by atoms with Gasteiger partial charge in [0.1, 0.15) is 5.75 Å². The van der Waals surface area contributed by atoms with Crippen LogP contribution in [-0.4, -0.2) is 30.5 Å². The Morgan fingerprint density at radius 1 is 1.18 bits per heavy atom. The fourth-order valence-corrected chi connectivity index (χ4v) is 3.98. The number of hydrogen-bond donors (Lipinski definition) is 1. The van der Waals surface area contributed by atoms with Crippen molar-refractivity contribution >= 4 is 21.6 Å². The maximum atomic E-state index is 13.0. The number of halogens is 6. The first-order chi connectivity index (χ1) is 13.2. The average Bonchev–Trinajstić information content (AvgIpc) is 2.61. The predicted molar refractivity (Wildman–Crippen MR) is 97.7 cm³/mol. The van der Waals surface area contributed by atoms with Crippen LogP contribution in [0.3, 0.4) is 0 Å². The lowest BCUT2D eigenvalue weighted by atomic mass is 9.90. The molecule has 0 saturated heterocycles. The molecule has 2 aromatic rings. The molecule has 0 aromatic heterocycles. The van der Waals surface area contributed by atoms with Crippen molar-refractivity contribution in [2.24, 2.45) is 0 Å². The standard InChI is InChI=1S/C19H17BrF5NO2/c20-14-5-2-6-16-13(14)7-8-15(26(16)10-17(27)19(23,24)25)11-3-1-4-12(9-11)28-18(21)22/h1-6,9,15,17-18,27H,7-8,10H2. The van der Waals surface area contributed by atoms with Gasteiger partial charge in [0.25, 0.3) is 0 Å². The molecule has 0 aliphatic carbocycles. The Labute approximate surface area is 166 Å². The highest BCUT2D eigenvalue weighted by Crippen LogP contribution is 2.42. The number of ether oxygens (including phenoxy) is 1. The Kier molecular flexibility index (Phi) is 6.14. The maximum absolute atomic E-state index is 13.0. The van der Waals surface area contributed by atoms with E-state index in [2.05, 4.69) is 20.7 Å². The molecule has 1 N–H and O–H groups in total. The summed E-state index contributed by atoms with van der Waals surface area (Å²) in [5, 5.41) is 9.67. The van der Waals surface area contributed by atoms with Crippen LogP contribution < -0.4 is 9.64 Å². The number of fused-ring (bicyclic) bond motifs is 1. The molecule has 0 saturated carbocycles. The molecular weight excluding hydrogens is 449 g/mol. The molecule has 1 heterocycles. The van der Waals surface area contributed by atoms with Crippen molar-refractivity contribution in [2.75, 3.05) is 11.4 Å². The first-order valence-electron chi connectivity index (χ1n) is 8.50. The van der Waals surface area contributed by atoms with E-state index >= 15 is 0 Å². The highest BCUT2D eigenvalue weighted by Gasteiger charge is 2.41. The molecule has 1 aliphatic heterocycles. The molecule has 0 fully saturated rings. The van der Waals surface area contributed by atoms with Crippen LogP contribution in [0.15, 0.2) is 46.9 Å². The van der Waals surface area contributed by atoms with Crippen LogP contribution in [0, 0.1) is 0 Å². The van der Waals surface area contributed by atoms with Gasteiger partial charge in [0.05, 0.1) is 12.6 Å². The number of aliphatic hydroxyl groups excluding tert-OH is 1. The van der Waals surface area contributed by atoms with Crippen molar-refractivity contribution in [3.8, 4) is 5.75 Å². The summed E-state index contributed by atoms with van der Waals surface area (Å²) in [4.78, 5) is 1.48. The van der Waals surface area contributed by atoms with Gasteiger partial charge in [-0.05, 0) is 48.2 Å². The van der Waals surface area contributed by atoms with Crippen molar-refractivity contribution < 1.29 is 31.8 Å².